The minimum absolute atomic E-state index is 0.824. The summed E-state index contributed by atoms with van der Waals surface area (Å²) in [6.45, 7) is 4.55. The molecule has 2 N–H and O–H groups in total. The molecule has 1 aliphatic carbocycles. The molecule has 112 valence electrons. The minimum atomic E-state index is 0.824. The molecule has 0 radical (unpaired) electrons. The monoisotopic (exact) mass is 274 g/mol. The molecule has 1 aromatic rings. The van der Waals surface area contributed by atoms with Crippen LogP contribution in [0.15, 0.2) is 24.3 Å². The van der Waals surface area contributed by atoms with Gasteiger partial charge in [-0.25, -0.2) is 0 Å². The van der Waals surface area contributed by atoms with Gasteiger partial charge in [-0.05, 0) is 37.4 Å². The van der Waals surface area contributed by atoms with Crippen LogP contribution in [-0.2, 0) is 6.54 Å². The van der Waals surface area contributed by atoms with Crippen molar-refractivity contribution in [3.63, 3.8) is 0 Å². The van der Waals surface area contributed by atoms with E-state index in [2.05, 4.69) is 24.0 Å². The summed E-state index contributed by atoms with van der Waals surface area (Å²) in [6.07, 6.45) is 11.0. The molecule has 20 heavy (non-hydrogen) atoms. The number of nitrogen functional groups attached to an aromatic ring is 1. The Morgan fingerprint density at radius 3 is 2.45 bits per heavy atom. The highest BCUT2D eigenvalue weighted by molar-refractivity contribution is 5.46. The minimum Gasteiger partial charge on any atom is -0.398 e. The van der Waals surface area contributed by atoms with Gasteiger partial charge in [-0.2, -0.15) is 0 Å². The fraction of sp³-hybridized carbons (Fsp3) is 0.667. The van der Waals surface area contributed by atoms with Gasteiger partial charge < -0.3 is 5.73 Å². The number of para-hydroxylation sites is 1. The third-order valence-corrected chi connectivity index (χ3v) is 4.29. The lowest BCUT2D eigenvalue weighted by molar-refractivity contribution is 0.248. The van der Waals surface area contributed by atoms with Gasteiger partial charge in [-0.3, -0.25) is 4.90 Å². The highest BCUT2D eigenvalue weighted by Crippen LogP contribution is 2.29. The third-order valence-electron chi connectivity index (χ3n) is 4.29. The Morgan fingerprint density at radius 2 is 1.75 bits per heavy atom. The van der Waals surface area contributed by atoms with Gasteiger partial charge in [0.2, 0.25) is 0 Å². The molecule has 1 aromatic carbocycles. The van der Waals surface area contributed by atoms with Gasteiger partial charge in [-0.1, -0.05) is 57.2 Å². The number of nitrogens with two attached hydrogens (primary N) is 1. The maximum atomic E-state index is 6.07. The highest BCUT2D eigenvalue weighted by Gasteiger charge is 2.28. The van der Waals surface area contributed by atoms with Crippen LogP contribution in [0.3, 0.4) is 0 Å². The Kier molecular flexibility index (Phi) is 6.38. The first-order valence-electron chi connectivity index (χ1n) is 8.38. The molecule has 1 fully saturated rings. The van der Waals surface area contributed by atoms with E-state index in [0.717, 1.165) is 18.3 Å². The number of rotatable bonds is 10. The van der Waals surface area contributed by atoms with Gasteiger partial charge in [0.1, 0.15) is 0 Å². The number of unbranched alkanes of at least 4 members (excludes halogenated alkanes) is 5. The maximum absolute atomic E-state index is 6.07. The maximum Gasteiger partial charge on any atom is 0.0359 e. The summed E-state index contributed by atoms with van der Waals surface area (Å²) in [7, 11) is 0. The summed E-state index contributed by atoms with van der Waals surface area (Å²) in [6, 6.07) is 9.14. The largest absolute Gasteiger partial charge is 0.398 e. The van der Waals surface area contributed by atoms with Gasteiger partial charge in [0.05, 0.1) is 0 Å². The lowest BCUT2D eigenvalue weighted by Gasteiger charge is -2.22. The van der Waals surface area contributed by atoms with Gasteiger partial charge in [0, 0.05) is 18.3 Å². The van der Waals surface area contributed by atoms with Crippen molar-refractivity contribution in [2.24, 2.45) is 0 Å². The fourth-order valence-electron chi connectivity index (χ4n) is 2.82. The summed E-state index contributed by atoms with van der Waals surface area (Å²) in [5.41, 5.74) is 8.31. The lowest BCUT2D eigenvalue weighted by atomic mass is 10.1. The Morgan fingerprint density at radius 1 is 1.05 bits per heavy atom. The second-order valence-electron chi connectivity index (χ2n) is 6.17. The van der Waals surface area contributed by atoms with Gasteiger partial charge in [0.25, 0.3) is 0 Å². The molecule has 1 saturated carbocycles. The van der Waals surface area contributed by atoms with Crippen molar-refractivity contribution in [1.29, 1.82) is 0 Å². The average Bonchev–Trinajstić information content (AvgIpc) is 3.28. The van der Waals surface area contributed by atoms with Crippen LogP contribution < -0.4 is 5.73 Å². The molecule has 0 amide bonds. The number of hydrogen-bond acceptors (Lipinski definition) is 2. The molecular weight excluding hydrogens is 244 g/mol. The van der Waals surface area contributed by atoms with Crippen molar-refractivity contribution in [2.75, 3.05) is 12.3 Å². The highest BCUT2D eigenvalue weighted by atomic mass is 15.2. The first-order chi connectivity index (χ1) is 9.81. The summed E-state index contributed by atoms with van der Waals surface area (Å²) < 4.78 is 0. The van der Waals surface area contributed by atoms with Gasteiger partial charge >= 0.3 is 0 Å². The van der Waals surface area contributed by atoms with E-state index in [1.165, 1.54) is 63.5 Å². The quantitative estimate of drug-likeness (QED) is 0.499. The van der Waals surface area contributed by atoms with E-state index in [-0.39, 0.29) is 0 Å². The number of hydrogen-bond donors (Lipinski definition) is 1. The third kappa shape index (κ3) is 5.16. The molecule has 0 atom stereocenters. The summed E-state index contributed by atoms with van der Waals surface area (Å²) >= 11 is 0. The molecule has 0 bridgehead atoms. The fourth-order valence-corrected chi connectivity index (χ4v) is 2.82. The van der Waals surface area contributed by atoms with Gasteiger partial charge in [0.15, 0.2) is 0 Å². The van der Waals surface area contributed by atoms with Crippen molar-refractivity contribution >= 4 is 5.69 Å². The smallest absolute Gasteiger partial charge is 0.0359 e. The predicted octanol–water partition coefficient (Wildman–Crippen LogP) is 4.59. The van der Waals surface area contributed by atoms with Crippen molar-refractivity contribution in [3.8, 4) is 0 Å². The Labute approximate surface area is 124 Å². The first kappa shape index (κ1) is 15.4. The second kappa shape index (κ2) is 8.31. The molecule has 1 aliphatic rings. The number of benzene rings is 1. The van der Waals surface area contributed by atoms with E-state index in [1.807, 2.05) is 12.1 Å². The number of anilines is 1. The zero-order chi connectivity index (χ0) is 14.2. The van der Waals surface area contributed by atoms with E-state index in [0.29, 0.717) is 0 Å². The summed E-state index contributed by atoms with van der Waals surface area (Å²) in [4.78, 5) is 2.64. The van der Waals surface area contributed by atoms with Crippen LogP contribution in [0, 0.1) is 0 Å². The Hall–Kier alpha value is -1.02. The Bertz CT molecular complexity index is 385. The van der Waals surface area contributed by atoms with Crippen molar-refractivity contribution < 1.29 is 0 Å². The molecule has 0 heterocycles. The Balaban J connectivity index is 1.72. The van der Waals surface area contributed by atoms with E-state index in [4.69, 9.17) is 5.73 Å². The van der Waals surface area contributed by atoms with E-state index in [9.17, 15) is 0 Å². The zero-order valence-electron chi connectivity index (χ0n) is 13.0. The summed E-state index contributed by atoms with van der Waals surface area (Å²) in [5.74, 6) is 0. The lowest BCUT2D eigenvalue weighted by Crippen LogP contribution is -2.27. The molecule has 2 heteroatoms. The molecule has 0 spiro atoms. The van der Waals surface area contributed by atoms with Crippen molar-refractivity contribution in [2.45, 2.75) is 70.9 Å². The standard InChI is InChI=1S/C18H30N2/c1-2-3-4-5-6-9-14-20(17-12-13-17)15-16-10-7-8-11-18(16)19/h7-8,10-11,17H,2-6,9,12-15,19H2,1H3. The molecule has 0 aromatic heterocycles. The van der Waals surface area contributed by atoms with E-state index >= 15 is 0 Å². The van der Waals surface area contributed by atoms with Crippen LogP contribution in [0.2, 0.25) is 0 Å². The van der Waals surface area contributed by atoms with Crippen LogP contribution in [0.4, 0.5) is 5.69 Å². The molecule has 0 unspecified atom stereocenters. The van der Waals surface area contributed by atoms with Gasteiger partial charge in [-0.15, -0.1) is 0 Å². The molecule has 2 nitrogen and oxygen atoms in total. The van der Waals surface area contributed by atoms with Crippen LogP contribution in [0.5, 0.6) is 0 Å². The average molecular weight is 274 g/mol. The van der Waals surface area contributed by atoms with E-state index in [1.54, 1.807) is 0 Å². The molecule has 0 aliphatic heterocycles. The molecule has 0 saturated heterocycles. The normalized spacial score (nSPS) is 14.9. The topological polar surface area (TPSA) is 29.3 Å². The van der Waals surface area contributed by atoms with Crippen LogP contribution in [0.25, 0.3) is 0 Å². The predicted molar refractivity (Wildman–Crippen MR) is 87.7 cm³/mol. The van der Waals surface area contributed by atoms with Crippen LogP contribution in [0.1, 0.15) is 63.9 Å². The summed E-state index contributed by atoms with van der Waals surface area (Å²) in [5, 5.41) is 0. The SMILES string of the molecule is CCCCCCCCN(Cc1ccccc1N)C1CC1. The first-order valence-corrected chi connectivity index (χ1v) is 8.38. The molecular formula is C18H30N2. The van der Waals surface area contributed by atoms with Crippen molar-refractivity contribution in [3.05, 3.63) is 29.8 Å². The second-order valence-corrected chi connectivity index (χ2v) is 6.17. The van der Waals surface area contributed by atoms with Crippen molar-refractivity contribution in [1.82, 2.24) is 4.90 Å². The number of nitrogens with zero attached hydrogens (tertiary/aromatic N) is 1. The van der Waals surface area contributed by atoms with E-state index < -0.39 is 0 Å². The molecule has 2 rings (SSSR count). The van der Waals surface area contributed by atoms with Crippen LogP contribution >= 0.6 is 0 Å². The zero-order valence-corrected chi connectivity index (χ0v) is 13.0. The van der Waals surface area contributed by atoms with Crippen LogP contribution in [-0.4, -0.2) is 17.5 Å².